The van der Waals surface area contributed by atoms with E-state index in [1.54, 1.807) is 12.1 Å². The number of nitrogens with one attached hydrogen (secondary N) is 2. The Labute approximate surface area is 118 Å². The molecule has 0 bridgehead atoms. The Hall–Kier alpha value is -3.03. The van der Waals surface area contributed by atoms with Crippen molar-refractivity contribution in [3.05, 3.63) is 23.3 Å². The highest BCUT2D eigenvalue weighted by atomic mass is 16.7. The zero-order chi connectivity index (χ0) is 15.0. The van der Waals surface area contributed by atoms with Crippen LogP contribution in [0.5, 0.6) is 17.2 Å². The van der Waals surface area contributed by atoms with E-state index < -0.39 is 17.8 Å². The first kappa shape index (κ1) is 13.0. The van der Waals surface area contributed by atoms with Crippen LogP contribution < -0.4 is 24.8 Å². The summed E-state index contributed by atoms with van der Waals surface area (Å²) in [5.74, 6) is -0.145. The number of imide groups is 2. The first-order valence-corrected chi connectivity index (χ1v) is 5.94. The largest absolute Gasteiger partial charge is 0.496 e. The van der Waals surface area contributed by atoms with Crippen LogP contribution in [0.15, 0.2) is 17.7 Å². The molecule has 8 nitrogen and oxygen atoms in total. The Balaban J connectivity index is 2.04. The van der Waals surface area contributed by atoms with Crippen LogP contribution >= 0.6 is 0 Å². The molecule has 21 heavy (non-hydrogen) atoms. The lowest BCUT2D eigenvalue weighted by atomic mass is 10.1. The van der Waals surface area contributed by atoms with E-state index in [1.165, 1.54) is 13.2 Å². The van der Waals surface area contributed by atoms with E-state index in [9.17, 15) is 14.4 Å². The van der Waals surface area contributed by atoms with Crippen molar-refractivity contribution in [2.24, 2.45) is 0 Å². The number of methoxy groups -OCH3 is 1. The van der Waals surface area contributed by atoms with Crippen LogP contribution in [0.3, 0.4) is 0 Å². The number of carbonyl (C=O) groups excluding carboxylic acids is 3. The minimum atomic E-state index is -0.847. The fourth-order valence-electron chi connectivity index (χ4n) is 1.99. The van der Waals surface area contributed by atoms with Gasteiger partial charge in [0.1, 0.15) is 11.3 Å². The summed E-state index contributed by atoms with van der Waals surface area (Å²) in [4.78, 5) is 34.4. The minimum Gasteiger partial charge on any atom is -0.496 e. The van der Waals surface area contributed by atoms with Crippen molar-refractivity contribution in [1.82, 2.24) is 10.6 Å². The zero-order valence-electron chi connectivity index (χ0n) is 10.9. The minimum absolute atomic E-state index is 0.0913. The maximum Gasteiger partial charge on any atom is 0.328 e. The second-order valence-corrected chi connectivity index (χ2v) is 4.24. The number of benzene rings is 1. The van der Waals surface area contributed by atoms with E-state index in [4.69, 9.17) is 14.2 Å². The number of fused-ring (bicyclic) bond motifs is 1. The number of rotatable bonds is 2. The van der Waals surface area contributed by atoms with Gasteiger partial charge in [-0.3, -0.25) is 20.2 Å². The molecule has 0 spiro atoms. The van der Waals surface area contributed by atoms with Crippen LogP contribution in [0.25, 0.3) is 6.08 Å². The number of barbiturate groups is 1. The monoisotopic (exact) mass is 290 g/mol. The molecule has 1 aromatic carbocycles. The van der Waals surface area contributed by atoms with Gasteiger partial charge in [0.15, 0.2) is 11.5 Å². The molecule has 2 aliphatic heterocycles. The number of carbonyl (C=O) groups is 3. The van der Waals surface area contributed by atoms with Gasteiger partial charge in [-0.25, -0.2) is 4.79 Å². The molecule has 0 radical (unpaired) electrons. The van der Waals surface area contributed by atoms with E-state index in [1.807, 2.05) is 10.6 Å². The lowest BCUT2D eigenvalue weighted by molar-refractivity contribution is -0.123. The number of hydrogen-bond acceptors (Lipinski definition) is 6. The van der Waals surface area contributed by atoms with Crippen LogP contribution in [0.2, 0.25) is 0 Å². The fourth-order valence-corrected chi connectivity index (χ4v) is 1.99. The molecule has 1 aromatic rings. The third-order valence-corrected chi connectivity index (χ3v) is 2.97. The smallest absolute Gasteiger partial charge is 0.328 e. The maximum absolute atomic E-state index is 11.7. The summed E-state index contributed by atoms with van der Waals surface area (Å²) in [5, 5.41) is 3.99. The number of hydrogen-bond donors (Lipinski definition) is 2. The molecule has 1 fully saturated rings. The van der Waals surface area contributed by atoms with Gasteiger partial charge < -0.3 is 14.2 Å². The molecule has 1 saturated heterocycles. The fraction of sp³-hybridized carbons (Fsp3) is 0.154. The zero-order valence-corrected chi connectivity index (χ0v) is 10.9. The average molecular weight is 290 g/mol. The van der Waals surface area contributed by atoms with Crippen molar-refractivity contribution < 1.29 is 28.6 Å². The third-order valence-electron chi connectivity index (χ3n) is 2.97. The molecule has 2 N–H and O–H groups in total. The van der Waals surface area contributed by atoms with Crippen molar-refractivity contribution in [3.8, 4) is 17.2 Å². The highest BCUT2D eigenvalue weighted by Gasteiger charge is 2.28. The Morgan fingerprint density at radius 1 is 1.10 bits per heavy atom. The van der Waals surface area contributed by atoms with E-state index in [0.717, 1.165) is 0 Å². The molecule has 108 valence electrons. The maximum atomic E-state index is 11.7. The molecule has 2 aliphatic rings. The first-order chi connectivity index (χ1) is 10.1. The third kappa shape index (κ3) is 2.27. The van der Waals surface area contributed by atoms with E-state index in [2.05, 4.69) is 0 Å². The van der Waals surface area contributed by atoms with Gasteiger partial charge in [0, 0.05) is 11.6 Å². The Morgan fingerprint density at radius 2 is 1.71 bits per heavy atom. The number of ether oxygens (including phenoxy) is 3. The normalized spacial score (nSPS) is 16.4. The Kier molecular flexibility index (Phi) is 2.98. The van der Waals surface area contributed by atoms with E-state index >= 15 is 0 Å². The van der Waals surface area contributed by atoms with Gasteiger partial charge in [-0.15, -0.1) is 0 Å². The van der Waals surface area contributed by atoms with Crippen LogP contribution in [0.1, 0.15) is 5.56 Å². The molecule has 0 aliphatic carbocycles. The molecule has 0 unspecified atom stereocenters. The molecule has 0 saturated carbocycles. The second-order valence-electron chi connectivity index (χ2n) is 4.24. The van der Waals surface area contributed by atoms with Crippen molar-refractivity contribution in [2.45, 2.75) is 0 Å². The second kappa shape index (κ2) is 4.82. The van der Waals surface area contributed by atoms with Gasteiger partial charge in [-0.05, 0) is 12.1 Å². The van der Waals surface area contributed by atoms with Crippen LogP contribution in [0.4, 0.5) is 4.79 Å². The van der Waals surface area contributed by atoms with Crippen molar-refractivity contribution >= 4 is 23.9 Å². The van der Waals surface area contributed by atoms with E-state index in [-0.39, 0.29) is 12.4 Å². The summed E-state index contributed by atoms with van der Waals surface area (Å²) in [6.07, 6.45) is 1.32. The predicted octanol–water partition coefficient (Wildman–Crippen LogP) is 0.173. The number of urea groups is 1. The highest BCUT2D eigenvalue weighted by Crippen LogP contribution is 2.38. The summed E-state index contributed by atoms with van der Waals surface area (Å²) in [5.41, 5.74) is 0.253. The molecular formula is C13H10N2O6. The molecule has 3 rings (SSSR count). The SMILES string of the molecule is COc1cc2c(cc1C=C1C(=O)NC(=O)NC1=O)OCO2. The summed E-state index contributed by atoms with van der Waals surface area (Å²) >= 11 is 0. The van der Waals surface area contributed by atoms with Gasteiger partial charge in [-0.2, -0.15) is 0 Å². The molecule has 0 atom stereocenters. The first-order valence-electron chi connectivity index (χ1n) is 5.94. The van der Waals surface area contributed by atoms with Gasteiger partial charge in [0.25, 0.3) is 11.8 Å². The summed E-state index contributed by atoms with van der Waals surface area (Å²) in [7, 11) is 1.45. The predicted molar refractivity (Wildman–Crippen MR) is 68.8 cm³/mol. The average Bonchev–Trinajstić information content (AvgIpc) is 2.88. The summed E-state index contributed by atoms with van der Waals surface area (Å²) in [6, 6.07) is 2.34. The molecule has 4 amide bonds. The van der Waals surface area contributed by atoms with Crippen LogP contribution in [-0.4, -0.2) is 31.7 Å². The topological polar surface area (TPSA) is 103 Å². The van der Waals surface area contributed by atoms with Crippen molar-refractivity contribution in [3.63, 3.8) is 0 Å². The van der Waals surface area contributed by atoms with Crippen molar-refractivity contribution in [2.75, 3.05) is 13.9 Å². The Morgan fingerprint density at radius 3 is 2.33 bits per heavy atom. The summed E-state index contributed by atoms with van der Waals surface area (Å²) < 4.78 is 15.6. The molecule has 8 heteroatoms. The van der Waals surface area contributed by atoms with Crippen LogP contribution in [0, 0.1) is 0 Å². The Bertz CT molecular complexity index is 672. The van der Waals surface area contributed by atoms with Gasteiger partial charge in [0.05, 0.1) is 7.11 Å². The van der Waals surface area contributed by atoms with Gasteiger partial charge >= 0.3 is 6.03 Å². The van der Waals surface area contributed by atoms with Crippen molar-refractivity contribution in [1.29, 1.82) is 0 Å². The molecule has 2 heterocycles. The van der Waals surface area contributed by atoms with Gasteiger partial charge in [-0.1, -0.05) is 0 Å². The summed E-state index contributed by atoms with van der Waals surface area (Å²) in [6.45, 7) is 0.0913. The number of amides is 4. The quantitative estimate of drug-likeness (QED) is 0.594. The lowest BCUT2D eigenvalue weighted by Crippen LogP contribution is -2.51. The van der Waals surface area contributed by atoms with E-state index in [0.29, 0.717) is 22.8 Å². The molecular weight excluding hydrogens is 280 g/mol. The van der Waals surface area contributed by atoms with Gasteiger partial charge in [0.2, 0.25) is 6.79 Å². The highest BCUT2D eigenvalue weighted by molar-refractivity contribution is 6.31. The molecule has 0 aromatic heterocycles. The van der Waals surface area contributed by atoms with Crippen LogP contribution in [-0.2, 0) is 9.59 Å². The standard InChI is InChI=1S/C13H10N2O6/c1-19-8-4-10-9(20-5-21-10)3-6(8)2-7-11(16)14-13(18)15-12(7)17/h2-4H,5H2,1H3,(H2,14,15,16,17,18). The lowest BCUT2D eigenvalue weighted by Gasteiger charge is -2.14.